The predicted octanol–water partition coefficient (Wildman–Crippen LogP) is 4.04. The fraction of sp³-hybridized carbons (Fsp3) is 0.348. The Bertz CT molecular complexity index is 1120. The van der Waals surface area contributed by atoms with Crippen molar-refractivity contribution in [1.82, 2.24) is 14.5 Å². The monoisotopic (exact) mass is 407 g/mol. The minimum absolute atomic E-state index is 0.0359. The van der Waals surface area contributed by atoms with E-state index in [0.717, 1.165) is 13.0 Å². The summed E-state index contributed by atoms with van der Waals surface area (Å²) in [6.07, 6.45) is 0.879. The van der Waals surface area contributed by atoms with Crippen LogP contribution in [0.2, 0.25) is 0 Å². The lowest BCUT2D eigenvalue weighted by Gasteiger charge is -2.31. The summed E-state index contributed by atoms with van der Waals surface area (Å²) in [5.41, 5.74) is 3.15. The van der Waals surface area contributed by atoms with Crippen molar-refractivity contribution in [3.8, 4) is 0 Å². The summed E-state index contributed by atoms with van der Waals surface area (Å²) in [5.74, 6) is 0.0854. The number of fused-ring (bicyclic) bond motifs is 2. The quantitative estimate of drug-likeness (QED) is 0.484. The van der Waals surface area contributed by atoms with Gasteiger partial charge < -0.3 is 4.90 Å². The Kier molecular flexibility index (Phi) is 5.46. The van der Waals surface area contributed by atoms with E-state index in [1.165, 1.54) is 22.9 Å². The third kappa shape index (κ3) is 3.81. The van der Waals surface area contributed by atoms with E-state index >= 15 is 0 Å². The van der Waals surface area contributed by atoms with Crippen LogP contribution in [0.3, 0.4) is 0 Å². The molecule has 1 aliphatic rings. The maximum Gasteiger partial charge on any atom is 0.262 e. The van der Waals surface area contributed by atoms with Crippen LogP contribution in [0, 0.1) is 0 Å². The molecule has 0 saturated heterocycles. The van der Waals surface area contributed by atoms with E-state index in [1.807, 2.05) is 56.0 Å². The molecule has 5 nitrogen and oxygen atoms in total. The number of carbonyl (C=O) groups excluding carboxylic acids is 1. The number of rotatable bonds is 4. The van der Waals surface area contributed by atoms with Crippen molar-refractivity contribution in [2.45, 2.75) is 50.2 Å². The van der Waals surface area contributed by atoms with Gasteiger partial charge in [0.1, 0.15) is 0 Å². The third-order valence-electron chi connectivity index (χ3n) is 5.36. The van der Waals surface area contributed by atoms with Gasteiger partial charge in [-0.3, -0.25) is 14.2 Å². The summed E-state index contributed by atoms with van der Waals surface area (Å²) in [4.78, 5) is 32.8. The fourth-order valence-electron chi connectivity index (χ4n) is 3.81. The van der Waals surface area contributed by atoms with Crippen LogP contribution in [-0.2, 0) is 17.8 Å². The first-order chi connectivity index (χ1) is 14.0. The average molecular weight is 408 g/mol. The van der Waals surface area contributed by atoms with E-state index in [-0.39, 0.29) is 22.8 Å². The van der Waals surface area contributed by atoms with Crippen LogP contribution in [0.15, 0.2) is 58.5 Å². The third-order valence-corrected chi connectivity index (χ3v) is 6.42. The summed E-state index contributed by atoms with van der Waals surface area (Å²) >= 11 is 1.37. The highest BCUT2D eigenvalue weighted by Gasteiger charge is 2.27. The van der Waals surface area contributed by atoms with Gasteiger partial charge in [0.05, 0.1) is 16.2 Å². The molecular formula is C23H25N3O2S. The van der Waals surface area contributed by atoms with Crippen LogP contribution in [0.1, 0.15) is 37.9 Å². The van der Waals surface area contributed by atoms with Crippen molar-refractivity contribution in [2.24, 2.45) is 0 Å². The Balaban J connectivity index is 1.60. The number of amides is 1. The van der Waals surface area contributed by atoms with Crippen LogP contribution < -0.4 is 5.56 Å². The number of benzene rings is 2. The fourth-order valence-corrected chi connectivity index (χ4v) is 4.94. The van der Waals surface area contributed by atoms with E-state index < -0.39 is 0 Å². The first-order valence-electron chi connectivity index (χ1n) is 9.99. The molecule has 3 aromatic rings. The molecule has 2 heterocycles. The normalized spacial score (nSPS) is 14.8. The summed E-state index contributed by atoms with van der Waals surface area (Å²) in [6, 6.07) is 15.6. The molecule has 0 spiro atoms. The van der Waals surface area contributed by atoms with Gasteiger partial charge in [-0.15, -0.1) is 0 Å². The highest BCUT2D eigenvalue weighted by Crippen LogP contribution is 2.27. The van der Waals surface area contributed by atoms with Crippen molar-refractivity contribution >= 4 is 28.6 Å². The van der Waals surface area contributed by atoms with Crippen molar-refractivity contribution in [2.75, 3.05) is 6.54 Å². The van der Waals surface area contributed by atoms with Crippen molar-refractivity contribution in [3.05, 3.63) is 70.0 Å². The topological polar surface area (TPSA) is 55.2 Å². The number of nitrogens with zero attached hydrogens (tertiary/aromatic N) is 3. The molecule has 4 rings (SSSR count). The maximum absolute atomic E-state index is 13.1. The number of para-hydroxylation sites is 1. The Morgan fingerprint density at radius 3 is 2.48 bits per heavy atom. The molecule has 0 saturated carbocycles. The van der Waals surface area contributed by atoms with Crippen LogP contribution >= 0.6 is 11.8 Å². The van der Waals surface area contributed by atoms with Crippen molar-refractivity contribution in [1.29, 1.82) is 0 Å². The lowest BCUT2D eigenvalue weighted by Crippen LogP contribution is -2.40. The number of hydrogen-bond donors (Lipinski definition) is 0. The molecule has 1 aromatic heterocycles. The maximum atomic E-state index is 13.1. The Labute approximate surface area is 174 Å². The van der Waals surface area contributed by atoms with E-state index in [0.29, 0.717) is 22.6 Å². The molecule has 0 fully saturated rings. The van der Waals surface area contributed by atoms with E-state index in [9.17, 15) is 9.59 Å². The van der Waals surface area contributed by atoms with E-state index in [2.05, 4.69) is 12.1 Å². The first-order valence-corrected chi connectivity index (χ1v) is 10.9. The second-order valence-electron chi connectivity index (χ2n) is 7.72. The summed E-state index contributed by atoms with van der Waals surface area (Å²) in [6.45, 7) is 7.20. The van der Waals surface area contributed by atoms with E-state index in [4.69, 9.17) is 4.98 Å². The largest absolute Gasteiger partial charge is 0.337 e. The van der Waals surface area contributed by atoms with Crippen LogP contribution in [-0.4, -0.2) is 32.2 Å². The van der Waals surface area contributed by atoms with Gasteiger partial charge in [-0.25, -0.2) is 4.98 Å². The zero-order chi connectivity index (χ0) is 20.5. The first kappa shape index (κ1) is 19.7. The lowest BCUT2D eigenvalue weighted by atomic mass is 10.00. The molecule has 2 aromatic carbocycles. The molecule has 150 valence electrons. The second kappa shape index (κ2) is 8.03. The van der Waals surface area contributed by atoms with Gasteiger partial charge in [-0.2, -0.15) is 0 Å². The van der Waals surface area contributed by atoms with Gasteiger partial charge in [0.2, 0.25) is 5.91 Å². The smallest absolute Gasteiger partial charge is 0.262 e. The Morgan fingerprint density at radius 1 is 1.03 bits per heavy atom. The highest BCUT2D eigenvalue weighted by molar-refractivity contribution is 8.00. The number of aromatic nitrogens is 2. The minimum Gasteiger partial charge on any atom is -0.337 e. The number of carbonyl (C=O) groups is 1. The molecule has 0 radical (unpaired) electrons. The van der Waals surface area contributed by atoms with Gasteiger partial charge in [-0.05, 0) is 50.5 Å². The zero-order valence-electron chi connectivity index (χ0n) is 17.0. The highest BCUT2D eigenvalue weighted by atomic mass is 32.2. The van der Waals surface area contributed by atoms with Gasteiger partial charge in [0.15, 0.2) is 5.16 Å². The van der Waals surface area contributed by atoms with Crippen molar-refractivity contribution in [3.63, 3.8) is 0 Å². The molecule has 29 heavy (non-hydrogen) atoms. The van der Waals surface area contributed by atoms with Crippen LogP contribution in [0.25, 0.3) is 10.9 Å². The molecular weight excluding hydrogens is 382 g/mol. The second-order valence-corrected chi connectivity index (χ2v) is 9.03. The zero-order valence-corrected chi connectivity index (χ0v) is 17.8. The summed E-state index contributed by atoms with van der Waals surface area (Å²) in [5, 5.41) is 0.887. The SMILES string of the molecule is CC(C)n1c(S[C@H](C)C(=O)N2CCc3ccccc3C2)nc2ccccc2c1=O. The molecule has 6 heteroatoms. The average Bonchev–Trinajstić information content (AvgIpc) is 2.72. The standard InChI is InChI=1S/C23H25N3O2S/c1-15(2)26-22(28)19-10-6-7-11-20(19)24-23(26)29-16(3)21(27)25-13-12-17-8-4-5-9-18(17)14-25/h4-11,15-16H,12-14H2,1-3H3/t16-/m1/s1. The van der Waals surface area contributed by atoms with E-state index in [1.54, 1.807) is 10.6 Å². The summed E-state index contributed by atoms with van der Waals surface area (Å²) in [7, 11) is 0. The summed E-state index contributed by atoms with van der Waals surface area (Å²) < 4.78 is 1.70. The molecule has 1 atom stereocenters. The van der Waals surface area contributed by atoms with Gasteiger partial charge >= 0.3 is 0 Å². The Morgan fingerprint density at radius 2 is 1.72 bits per heavy atom. The predicted molar refractivity (Wildman–Crippen MR) is 117 cm³/mol. The molecule has 0 unspecified atom stereocenters. The number of hydrogen-bond acceptors (Lipinski definition) is 4. The molecule has 0 aliphatic carbocycles. The molecule has 1 amide bonds. The van der Waals surface area contributed by atoms with Crippen molar-refractivity contribution < 1.29 is 4.79 Å². The molecule has 0 bridgehead atoms. The van der Waals surface area contributed by atoms with Gasteiger partial charge in [-0.1, -0.05) is 48.2 Å². The van der Waals surface area contributed by atoms with Crippen LogP contribution in [0.5, 0.6) is 0 Å². The lowest BCUT2D eigenvalue weighted by molar-refractivity contribution is -0.131. The molecule has 1 aliphatic heterocycles. The minimum atomic E-state index is -0.321. The molecule has 0 N–H and O–H groups in total. The number of thioether (sulfide) groups is 1. The Hall–Kier alpha value is -2.60. The van der Waals surface area contributed by atoms with Gasteiger partial charge in [0.25, 0.3) is 5.56 Å². The van der Waals surface area contributed by atoms with Crippen LogP contribution in [0.4, 0.5) is 0 Å². The van der Waals surface area contributed by atoms with Gasteiger partial charge in [0, 0.05) is 19.1 Å².